The van der Waals surface area contributed by atoms with Gasteiger partial charge in [0.25, 0.3) is 0 Å². The molecular weight excluding hydrogens is 236 g/mol. The van der Waals surface area contributed by atoms with E-state index in [0.717, 1.165) is 36.9 Å². The van der Waals surface area contributed by atoms with Crippen LogP contribution in [-0.2, 0) is 0 Å². The van der Waals surface area contributed by atoms with Crippen molar-refractivity contribution in [3.05, 3.63) is 24.0 Å². The molecule has 1 aliphatic heterocycles. The summed E-state index contributed by atoms with van der Waals surface area (Å²) in [5, 5.41) is 4.29. The fourth-order valence-corrected chi connectivity index (χ4v) is 2.68. The molecule has 0 aliphatic carbocycles. The molecule has 0 aromatic carbocycles. The SMILES string of the molecule is Cc1cc(N2CCC(CCl)C2)n2ncnc2c1. The first-order chi connectivity index (χ1) is 8.28. The summed E-state index contributed by atoms with van der Waals surface area (Å²) < 4.78 is 1.91. The van der Waals surface area contributed by atoms with E-state index in [1.807, 2.05) is 10.6 Å². The van der Waals surface area contributed by atoms with Crippen molar-refractivity contribution >= 4 is 23.1 Å². The van der Waals surface area contributed by atoms with E-state index in [1.165, 1.54) is 5.56 Å². The number of alkyl halides is 1. The largest absolute Gasteiger partial charge is 0.356 e. The molecule has 0 radical (unpaired) electrons. The Bertz CT molecular complexity index is 536. The van der Waals surface area contributed by atoms with Crippen molar-refractivity contribution in [3.63, 3.8) is 0 Å². The first-order valence-corrected chi connectivity index (χ1v) is 6.42. The van der Waals surface area contributed by atoms with Crippen LogP contribution in [0.1, 0.15) is 12.0 Å². The summed E-state index contributed by atoms with van der Waals surface area (Å²) in [6.07, 6.45) is 2.76. The summed E-state index contributed by atoms with van der Waals surface area (Å²) in [5.74, 6) is 2.46. The maximum Gasteiger partial charge on any atom is 0.157 e. The van der Waals surface area contributed by atoms with Gasteiger partial charge in [-0.25, -0.2) is 4.98 Å². The molecule has 4 nitrogen and oxygen atoms in total. The van der Waals surface area contributed by atoms with Crippen molar-refractivity contribution in [2.75, 3.05) is 23.9 Å². The van der Waals surface area contributed by atoms with Crippen LogP contribution in [0.4, 0.5) is 5.82 Å². The van der Waals surface area contributed by atoms with Crippen LogP contribution in [0.25, 0.3) is 5.65 Å². The average molecular weight is 251 g/mol. The topological polar surface area (TPSA) is 33.4 Å². The minimum Gasteiger partial charge on any atom is -0.356 e. The van der Waals surface area contributed by atoms with Crippen LogP contribution in [-0.4, -0.2) is 33.6 Å². The first-order valence-electron chi connectivity index (χ1n) is 5.89. The van der Waals surface area contributed by atoms with Gasteiger partial charge in [-0.15, -0.1) is 11.6 Å². The molecule has 90 valence electrons. The van der Waals surface area contributed by atoms with Gasteiger partial charge in [0.2, 0.25) is 0 Å². The van der Waals surface area contributed by atoms with Crippen molar-refractivity contribution in [2.45, 2.75) is 13.3 Å². The predicted molar refractivity (Wildman–Crippen MR) is 68.8 cm³/mol. The highest BCUT2D eigenvalue weighted by Gasteiger charge is 2.23. The van der Waals surface area contributed by atoms with E-state index >= 15 is 0 Å². The van der Waals surface area contributed by atoms with Crippen molar-refractivity contribution in [1.82, 2.24) is 14.6 Å². The fraction of sp³-hybridized carbons (Fsp3) is 0.500. The van der Waals surface area contributed by atoms with E-state index in [0.29, 0.717) is 5.92 Å². The number of pyridine rings is 1. The normalized spacial score (nSPS) is 20.4. The minimum absolute atomic E-state index is 0.593. The molecule has 1 fully saturated rings. The maximum atomic E-state index is 5.93. The van der Waals surface area contributed by atoms with Crippen molar-refractivity contribution in [1.29, 1.82) is 0 Å². The van der Waals surface area contributed by atoms with Gasteiger partial charge in [0.15, 0.2) is 5.65 Å². The minimum atomic E-state index is 0.593. The van der Waals surface area contributed by atoms with E-state index < -0.39 is 0 Å². The first kappa shape index (κ1) is 10.8. The Morgan fingerprint density at radius 2 is 2.35 bits per heavy atom. The molecule has 2 aromatic heterocycles. The van der Waals surface area contributed by atoms with Crippen LogP contribution < -0.4 is 4.90 Å². The third-order valence-corrected chi connectivity index (χ3v) is 3.77. The van der Waals surface area contributed by atoms with E-state index in [4.69, 9.17) is 11.6 Å². The fourth-order valence-electron chi connectivity index (χ4n) is 2.43. The van der Waals surface area contributed by atoms with Crippen molar-refractivity contribution in [3.8, 4) is 0 Å². The van der Waals surface area contributed by atoms with Crippen LogP contribution in [0.2, 0.25) is 0 Å². The number of hydrogen-bond acceptors (Lipinski definition) is 3. The lowest BCUT2D eigenvalue weighted by Gasteiger charge is -2.19. The summed E-state index contributed by atoms with van der Waals surface area (Å²) in [7, 11) is 0. The zero-order chi connectivity index (χ0) is 11.8. The summed E-state index contributed by atoms with van der Waals surface area (Å²) in [4.78, 5) is 6.60. The lowest BCUT2D eigenvalue weighted by molar-refractivity contribution is 0.665. The van der Waals surface area contributed by atoms with Crippen LogP contribution in [0.15, 0.2) is 18.5 Å². The van der Waals surface area contributed by atoms with Gasteiger partial charge in [0.1, 0.15) is 12.1 Å². The second-order valence-corrected chi connectivity index (χ2v) is 4.98. The molecule has 1 aliphatic rings. The number of anilines is 1. The zero-order valence-electron chi connectivity index (χ0n) is 9.80. The van der Waals surface area contributed by atoms with Gasteiger partial charge in [0, 0.05) is 19.0 Å². The van der Waals surface area contributed by atoms with Gasteiger partial charge in [-0.05, 0) is 37.0 Å². The Morgan fingerprint density at radius 1 is 1.47 bits per heavy atom. The van der Waals surface area contributed by atoms with E-state index in [2.05, 4.69) is 28.0 Å². The van der Waals surface area contributed by atoms with Gasteiger partial charge < -0.3 is 4.90 Å². The Balaban J connectivity index is 2.02. The molecule has 5 heteroatoms. The van der Waals surface area contributed by atoms with Crippen LogP contribution in [0.5, 0.6) is 0 Å². The molecule has 3 rings (SSSR count). The standard InChI is InChI=1S/C12H15ClN4/c1-9-4-11-14-8-15-17(11)12(5-9)16-3-2-10(6-13)7-16/h4-5,8,10H,2-3,6-7H2,1H3. The van der Waals surface area contributed by atoms with Gasteiger partial charge >= 0.3 is 0 Å². The molecule has 2 aromatic rings. The van der Waals surface area contributed by atoms with Crippen LogP contribution >= 0.6 is 11.6 Å². The van der Waals surface area contributed by atoms with Gasteiger partial charge in [-0.3, -0.25) is 0 Å². The Morgan fingerprint density at radius 3 is 3.12 bits per heavy atom. The highest BCUT2D eigenvalue weighted by molar-refractivity contribution is 6.18. The molecule has 1 atom stereocenters. The summed E-state index contributed by atoms with van der Waals surface area (Å²) >= 11 is 5.93. The van der Waals surface area contributed by atoms with Gasteiger partial charge in [0.05, 0.1) is 0 Å². The second-order valence-electron chi connectivity index (χ2n) is 4.68. The average Bonchev–Trinajstić information content (AvgIpc) is 2.95. The third-order valence-electron chi connectivity index (χ3n) is 3.33. The molecule has 0 bridgehead atoms. The molecule has 3 heterocycles. The second kappa shape index (κ2) is 4.18. The monoisotopic (exact) mass is 250 g/mol. The summed E-state index contributed by atoms with van der Waals surface area (Å²) in [6.45, 7) is 4.16. The lowest BCUT2D eigenvalue weighted by atomic mass is 10.2. The molecule has 0 spiro atoms. The predicted octanol–water partition coefficient (Wildman–Crippen LogP) is 2.10. The van der Waals surface area contributed by atoms with Crippen LogP contribution in [0.3, 0.4) is 0 Å². The molecule has 0 N–H and O–H groups in total. The number of fused-ring (bicyclic) bond motifs is 1. The van der Waals surface area contributed by atoms with E-state index in [-0.39, 0.29) is 0 Å². The molecule has 17 heavy (non-hydrogen) atoms. The molecule has 0 amide bonds. The number of nitrogens with zero attached hydrogens (tertiary/aromatic N) is 4. The summed E-state index contributed by atoms with van der Waals surface area (Å²) in [5.41, 5.74) is 2.13. The molecule has 1 saturated heterocycles. The Labute approximate surface area is 105 Å². The molecular formula is C12H15ClN4. The smallest absolute Gasteiger partial charge is 0.157 e. The number of rotatable bonds is 2. The number of aryl methyl sites for hydroxylation is 1. The van der Waals surface area contributed by atoms with Crippen molar-refractivity contribution in [2.24, 2.45) is 5.92 Å². The molecule has 0 saturated carbocycles. The lowest BCUT2D eigenvalue weighted by Crippen LogP contribution is -2.23. The number of aromatic nitrogens is 3. The molecule has 1 unspecified atom stereocenters. The van der Waals surface area contributed by atoms with Crippen molar-refractivity contribution < 1.29 is 0 Å². The van der Waals surface area contributed by atoms with Crippen LogP contribution in [0, 0.1) is 12.8 Å². The quantitative estimate of drug-likeness (QED) is 0.766. The highest BCUT2D eigenvalue weighted by Crippen LogP contribution is 2.25. The highest BCUT2D eigenvalue weighted by atomic mass is 35.5. The Hall–Kier alpha value is -1.29. The van der Waals surface area contributed by atoms with E-state index in [9.17, 15) is 0 Å². The third kappa shape index (κ3) is 1.86. The summed E-state index contributed by atoms with van der Waals surface area (Å²) in [6, 6.07) is 4.21. The number of hydrogen-bond donors (Lipinski definition) is 0. The van der Waals surface area contributed by atoms with Gasteiger partial charge in [-0.2, -0.15) is 9.61 Å². The zero-order valence-corrected chi connectivity index (χ0v) is 10.6. The number of halogens is 1. The van der Waals surface area contributed by atoms with Gasteiger partial charge in [-0.1, -0.05) is 0 Å². The van der Waals surface area contributed by atoms with E-state index in [1.54, 1.807) is 6.33 Å². The maximum absolute atomic E-state index is 5.93. The Kier molecular flexibility index (Phi) is 2.67.